The minimum Gasteiger partial charge on any atom is -0.480 e. The largest absolute Gasteiger partial charge is 0.480 e. The molecule has 12 heteroatoms. The van der Waals surface area contributed by atoms with Gasteiger partial charge in [0.25, 0.3) is 0 Å². The number of aromatic nitrogens is 3. The standard InChI is InChI=1S/C23H31N5O7/c1-23(2,3)35-20(32)12-18(28-16(9-10-29)13-25-27-28)22(34)26-17(21(33)24-14-19(30)31)11-15-7-5-4-6-8-15/h4-8,13,17-18,29H,9-12,14H2,1-3H3,(H,24,33)(H,26,34)(H,30,31)/t17-,18-/m0/s1. The van der Waals surface area contributed by atoms with E-state index in [-0.39, 0.29) is 19.4 Å². The molecule has 35 heavy (non-hydrogen) atoms. The van der Waals surface area contributed by atoms with Crippen LogP contribution >= 0.6 is 0 Å². The molecular formula is C23H31N5O7. The number of rotatable bonds is 12. The van der Waals surface area contributed by atoms with E-state index in [0.717, 1.165) is 5.56 Å². The Bertz CT molecular complexity index is 1020. The van der Waals surface area contributed by atoms with Crippen molar-refractivity contribution in [1.82, 2.24) is 25.6 Å². The van der Waals surface area contributed by atoms with Crippen LogP contribution in [0.15, 0.2) is 36.5 Å². The SMILES string of the molecule is CC(C)(C)OC(=O)C[C@@H](C(=O)N[C@@H](Cc1ccccc1)C(=O)NCC(=O)O)n1nncc1CCO. The highest BCUT2D eigenvalue weighted by Gasteiger charge is 2.32. The van der Waals surface area contributed by atoms with Crippen molar-refractivity contribution >= 4 is 23.8 Å². The number of aliphatic hydroxyl groups is 1. The molecule has 0 radical (unpaired) electrons. The lowest BCUT2D eigenvalue weighted by Crippen LogP contribution is -2.51. The van der Waals surface area contributed by atoms with Crippen LogP contribution in [0.2, 0.25) is 0 Å². The van der Waals surface area contributed by atoms with Gasteiger partial charge < -0.3 is 25.6 Å². The molecule has 2 rings (SSSR count). The van der Waals surface area contributed by atoms with Crippen molar-refractivity contribution in [2.75, 3.05) is 13.2 Å². The Hall–Kier alpha value is -3.80. The fraction of sp³-hybridized carbons (Fsp3) is 0.478. The minimum atomic E-state index is -1.23. The van der Waals surface area contributed by atoms with Gasteiger partial charge in [-0.05, 0) is 26.3 Å². The Morgan fingerprint density at radius 1 is 1.11 bits per heavy atom. The van der Waals surface area contributed by atoms with Gasteiger partial charge in [0.15, 0.2) is 0 Å². The number of esters is 1. The number of carbonyl (C=O) groups is 4. The lowest BCUT2D eigenvalue weighted by atomic mass is 10.0. The summed E-state index contributed by atoms with van der Waals surface area (Å²) in [7, 11) is 0. The number of carboxylic acid groups (broad SMARTS) is 1. The van der Waals surface area contributed by atoms with Crippen molar-refractivity contribution in [1.29, 1.82) is 0 Å². The van der Waals surface area contributed by atoms with Crippen molar-refractivity contribution in [2.45, 2.75) is 57.7 Å². The maximum atomic E-state index is 13.4. The Balaban J connectivity index is 2.32. The van der Waals surface area contributed by atoms with E-state index in [4.69, 9.17) is 9.84 Å². The quantitative estimate of drug-likeness (QED) is 0.300. The van der Waals surface area contributed by atoms with Crippen molar-refractivity contribution in [3.8, 4) is 0 Å². The van der Waals surface area contributed by atoms with E-state index in [2.05, 4.69) is 20.9 Å². The molecule has 12 nitrogen and oxygen atoms in total. The molecule has 2 atom stereocenters. The maximum absolute atomic E-state index is 13.4. The maximum Gasteiger partial charge on any atom is 0.322 e. The van der Waals surface area contributed by atoms with E-state index in [1.165, 1.54) is 10.9 Å². The average Bonchev–Trinajstić information content (AvgIpc) is 3.23. The summed E-state index contributed by atoms with van der Waals surface area (Å²) in [6.45, 7) is 4.22. The molecule has 0 aliphatic rings. The minimum absolute atomic E-state index is 0.0814. The van der Waals surface area contributed by atoms with E-state index in [1.807, 2.05) is 0 Å². The Morgan fingerprint density at radius 2 is 1.80 bits per heavy atom. The lowest BCUT2D eigenvalue weighted by Gasteiger charge is -2.25. The van der Waals surface area contributed by atoms with E-state index in [0.29, 0.717) is 5.69 Å². The topological polar surface area (TPSA) is 173 Å². The highest BCUT2D eigenvalue weighted by Crippen LogP contribution is 2.18. The smallest absolute Gasteiger partial charge is 0.322 e. The predicted molar refractivity (Wildman–Crippen MR) is 123 cm³/mol. The summed E-state index contributed by atoms with van der Waals surface area (Å²) in [6, 6.07) is 6.51. The van der Waals surface area contributed by atoms with Crippen LogP contribution in [0.3, 0.4) is 0 Å². The zero-order valence-corrected chi connectivity index (χ0v) is 19.9. The van der Waals surface area contributed by atoms with Crippen LogP contribution in [0, 0.1) is 0 Å². The molecule has 0 unspecified atom stereocenters. The van der Waals surface area contributed by atoms with Crippen molar-refractivity contribution in [3.63, 3.8) is 0 Å². The summed E-state index contributed by atoms with van der Waals surface area (Å²) in [5.74, 6) is -3.32. The molecule has 0 spiro atoms. The van der Waals surface area contributed by atoms with Crippen LogP contribution in [-0.4, -0.2) is 73.8 Å². The van der Waals surface area contributed by atoms with E-state index in [9.17, 15) is 24.3 Å². The first-order valence-electron chi connectivity index (χ1n) is 11.1. The van der Waals surface area contributed by atoms with Crippen molar-refractivity contribution < 1.29 is 34.1 Å². The molecule has 190 valence electrons. The number of hydrogen-bond acceptors (Lipinski definition) is 8. The first-order chi connectivity index (χ1) is 16.5. The summed E-state index contributed by atoms with van der Waals surface area (Å²) in [5.41, 5.74) is 0.348. The van der Waals surface area contributed by atoms with Crippen molar-refractivity contribution in [2.24, 2.45) is 0 Å². The normalized spacial score (nSPS) is 12.9. The van der Waals surface area contributed by atoms with Crippen LogP contribution in [0.4, 0.5) is 0 Å². The summed E-state index contributed by atoms with van der Waals surface area (Å²) in [5, 5.41) is 30.8. The number of ether oxygens (including phenoxy) is 1. The molecule has 0 aliphatic heterocycles. The number of aliphatic carboxylic acids is 1. The Kier molecular flexibility index (Phi) is 9.88. The molecule has 0 bridgehead atoms. The second-order valence-corrected chi connectivity index (χ2v) is 8.81. The third kappa shape index (κ3) is 9.16. The zero-order chi connectivity index (χ0) is 26.0. The van der Waals surface area contributed by atoms with Gasteiger partial charge >= 0.3 is 11.9 Å². The number of amides is 2. The molecule has 0 fully saturated rings. The number of nitrogens with one attached hydrogen (secondary N) is 2. The van der Waals surface area contributed by atoms with Gasteiger partial charge in [0.2, 0.25) is 11.8 Å². The van der Waals surface area contributed by atoms with Crippen LogP contribution in [-0.2, 0) is 36.8 Å². The number of carbonyl (C=O) groups excluding carboxylic acids is 3. The highest BCUT2D eigenvalue weighted by molar-refractivity contribution is 5.92. The summed E-state index contributed by atoms with van der Waals surface area (Å²) < 4.78 is 6.57. The number of benzene rings is 1. The van der Waals surface area contributed by atoms with Gasteiger partial charge in [-0.15, -0.1) is 5.10 Å². The molecule has 4 N–H and O–H groups in total. The van der Waals surface area contributed by atoms with Crippen LogP contribution in [0.5, 0.6) is 0 Å². The van der Waals surface area contributed by atoms with E-state index >= 15 is 0 Å². The molecule has 1 aromatic heterocycles. The molecule has 1 heterocycles. The summed E-state index contributed by atoms with van der Waals surface area (Å²) in [4.78, 5) is 49.6. The van der Waals surface area contributed by atoms with Gasteiger partial charge in [0.1, 0.15) is 24.2 Å². The molecular weight excluding hydrogens is 458 g/mol. The summed E-state index contributed by atoms with van der Waals surface area (Å²) >= 11 is 0. The number of carboxylic acids is 1. The van der Waals surface area contributed by atoms with E-state index in [1.54, 1.807) is 51.1 Å². The molecule has 0 aliphatic carbocycles. The predicted octanol–water partition coefficient (Wildman–Crippen LogP) is 0.0141. The van der Waals surface area contributed by atoms with Crippen LogP contribution in [0.1, 0.15) is 44.5 Å². The monoisotopic (exact) mass is 489 g/mol. The van der Waals surface area contributed by atoms with Crippen LogP contribution in [0.25, 0.3) is 0 Å². The number of aliphatic hydroxyl groups excluding tert-OH is 1. The molecule has 1 aromatic carbocycles. The van der Waals surface area contributed by atoms with Crippen molar-refractivity contribution in [3.05, 3.63) is 47.8 Å². The fourth-order valence-electron chi connectivity index (χ4n) is 3.27. The summed E-state index contributed by atoms with van der Waals surface area (Å²) in [6.07, 6.45) is 1.18. The number of hydrogen-bond donors (Lipinski definition) is 4. The average molecular weight is 490 g/mol. The molecule has 2 aromatic rings. The number of nitrogens with zero attached hydrogens (tertiary/aromatic N) is 3. The zero-order valence-electron chi connectivity index (χ0n) is 19.9. The van der Waals surface area contributed by atoms with Crippen LogP contribution < -0.4 is 10.6 Å². The first kappa shape index (κ1) is 27.4. The van der Waals surface area contributed by atoms with Gasteiger partial charge in [-0.3, -0.25) is 19.2 Å². The van der Waals surface area contributed by atoms with Gasteiger partial charge in [-0.1, -0.05) is 35.5 Å². The van der Waals surface area contributed by atoms with Gasteiger partial charge in [0.05, 0.1) is 18.3 Å². The first-order valence-corrected chi connectivity index (χ1v) is 11.1. The molecule has 2 amide bonds. The fourth-order valence-corrected chi connectivity index (χ4v) is 3.27. The van der Waals surface area contributed by atoms with Gasteiger partial charge in [-0.2, -0.15) is 0 Å². The molecule has 0 saturated heterocycles. The second kappa shape index (κ2) is 12.6. The third-order valence-corrected chi connectivity index (χ3v) is 4.72. The van der Waals surface area contributed by atoms with Gasteiger partial charge in [0, 0.05) is 19.4 Å². The lowest BCUT2D eigenvalue weighted by molar-refractivity contribution is -0.157. The third-order valence-electron chi connectivity index (χ3n) is 4.72. The van der Waals surface area contributed by atoms with E-state index < -0.39 is 54.4 Å². The Labute approximate surface area is 202 Å². The van der Waals surface area contributed by atoms with Gasteiger partial charge in [-0.25, -0.2) is 4.68 Å². The second-order valence-electron chi connectivity index (χ2n) is 8.81. The molecule has 0 saturated carbocycles. The Morgan fingerprint density at radius 3 is 2.40 bits per heavy atom. The highest BCUT2D eigenvalue weighted by atomic mass is 16.6.